The number of ether oxygens (including phenoxy) is 1. The summed E-state index contributed by atoms with van der Waals surface area (Å²) >= 11 is 0. The molecule has 0 spiro atoms. The fraction of sp³-hybridized carbons (Fsp3) is 0.167. The highest BCUT2D eigenvalue weighted by Gasteiger charge is 2.18. The van der Waals surface area contributed by atoms with E-state index in [0.29, 0.717) is 11.4 Å². The third kappa shape index (κ3) is 3.45. The summed E-state index contributed by atoms with van der Waals surface area (Å²) in [6.45, 7) is 1.80. The average Bonchev–Trinajstić information content (AvgIpc) is 3.04. The predicted molar refractivity (Wildman–Crippen MR) is 95.0 cm³/mol. The number of amides is 1. The second-order valence-electron chi connectivity index (χ2n) is 5.47. The van der Waals surface area contributed by atoms with Crippen molar-refractivity contribution in [3.05, 3.63) is 66.0 Å². The summed E-state index contributed by atoms with van der Waals surface area (Å²) in [6.07, 6.45) is 0. The number of carbonyl (C=O) groups excluding carboxylic acids is 1. The van der Waals surface area contributed by atoms with Gasteiger partial charge in [0, 0.05) is 13.1 Å². The van der Waals surface area contributed by atoms with Crippen LogP contribution in [0.25, 0.3) is 5.69 Å². The van der Waals surface area contributed by atoms with E-state index in [1.165, 1.54) is 0 Å². The Balaban J connectivity index is 1.81. The second-order valence-corrected chi connectivity index (χ2v) is 5.47. The van der Waals surface area contributed by atoms with Gasteiger partial charge >= 0.3 is 0 Å². The average molecular weight is 337 g/mol. The van der Waals surface area contributed by atoms with Crippen LogP contribution in [0.1, 0.15) is 16.2 Å². The molecule has 2 aromatic carbocycles. The lowest BCUT2D eigenvalue weighted by Gasteiger charge is -2.19. The Hall–Kier alpha value is -3.35. The van der Waals surface area contributed by atoms with E-state index in [1.54, 1.807) is 30.8 Å². The third-order valence-electron chi connectivity index (χ3n) is 3.82. The minimum Gasteiger partial charge on any atom is -0.497 e. The highest BCUT2D eigenvalue weighted by Crippen LogP contribution is 2.18. The zero-order chi connectivity index (χ0) is 17.8. The van der Waals surface area contributed by atoms with Crippen molar-refractivity contribution < 1.29 is 9.53 Å². The molecule has 7 heteroatoms. The van der Waals surface area contributed by atoms with Crippen LogP contribution in [0.3, 0.4) is 0 Å². The zero-order valence-corrected chi connectivity index (χ0v) is 14.3. The van der Waals surface area contributed by atoms with Gasteiger partial charge in [-0.1, -0.05) is 29.5 Å². The molecule has 1 N–H and O–H groups in total. The summed E-state index contributed by atoms with van der Waals surface area (Å²) < 4.78 is 6.84. The summed E-state index contributed by atoms with van der Waals surface area (Å²) in [5.74, 6) is 0.389. The quantitative estimate of drug-likeness (QED) is 0.724. The molecule has 0 bridgehead atoms. The number of methoxy groups -OCH3 is 1. The van der Waals surface area contributed by atoms with Gasteiger partial charge in [-0.05, 0) is 31.2 Å². The Labute approximate surface area is 145 Å². The van der Waals surface area contributed by atoms with E-state index < -0.39 is 0 Å². The van der Waals surface area contributed by atoms with Gasteiger partial charge in [-0.3, -0.25) is 15.2 Å². The number of rotatable bonds is 5. The molecule has 0 unspecified atom stereocenters. The molecule has 7 nitrogen and oxygen atoms in total. The van der Waals surface area contributed by atoms with Crippen molar-refractivity contribution in [2.24, 2.45) is 0 Å². The number of benzene rings is 2. The van der Waals surface area contributed by atoms with E-state index in [9.17, 15) is 4.79 Å². The number of hydrazine groups is 1. The van der Waals surface area contributed by atoms with Crippen molar-refractivity contribution in [2.45, 2.75) is 6.92 Å². The van der Waals surface area contributed by atoms with Gasteiger partial charge in [-0.25, -0.2) is 4.68 Å². The van der Waals surface area contributed by atoms with E-state index in [2.05, 4.69) is 15.7 Å². The third-order valence-corrected chi connectivity index (χ3v) is 3.82. The summed E-state index contributed by atoms with van der Waals surface area (Å²) in [5, 5.41) is 9.77. The Kier molecular flexibility index (Phi) is 4.65. The summed E-state index contributed by atoms with van der Waals surface area (Å²) in [5.41, 5.74) is 5.36. The first-order valence-corrected chi connectivity index (χ1v) is 7.76. The van der Waals surface area contributed by atoms with Crippen molar-refractivity contribution in [1.82, 2.24) is 20.4 Å². The Morgan fingerprint density at radius 3 is 2.64 bits per heavy atom. The monoisotopic (exact) mass is 337 g/mol. The fourth-order valence-electron chi connectivity index (χ4n) is 2.45. The van der Waals surface area contributed by atoms with Crippen LogP contribution in [0.2, 0.25) is 0 Å². The predicted octanol–water partition coefficient (Wildman–Crippen LogP) is 2.37. The maximum Gasteiger partial charge on any atom is 0.292 e. The van der Waals surface area contributed by atoms with Crippen LogP contribution < -0.4 is 15.2 Å². The van der Waals surface area contributed by atoms with Crippen molar-refractivity contribution >= 4 is 11.6 Å². The smallest absolute Gasteiger partial charge is 0.292 e. The molecular weight excluding hydrogens is 318 g/mol. The molecule has 0 saturated carbocycles. The van der Waals surface area contributed by atoms with Gasteiger partial charge in [0.25, 0.3) is 5.91 Å². The van der Waals surface area contributed by atoms with Gasteiger partial charge < -0.3 is 4.74 Å². The van der Waals surface area contributed by atoms with E-state index in [4.69, 9.17) is 4.74 Å². The normalized spacial score (nSPS) is 10.4. The summed E-state index contributed by atoms with van der Waals surface area (Å²) in [4.78, 5) is 12.5. The molecule has 1 amide bonds. The first kappa shape index (κ1) is 16.5. The molecule has 3 aromatic rings. The largest absolute Gasteiger partial charge is 0.497 e. The molecule has 128 valence electrons. The highest BCUT2D eigenvalue weighted by molar-refractivity contribution is 5.94. The molecule has 1 heterocycles. The van der Waals surface area contributed by atoms with Gasteiger partial charge in [0.2, 0.25) is 0 Å². The van der Waals surface area contributed by atoms with Crippen molar-refractivity contribution in [1.29, 1.82) is 0 Å². The van der Waals surface area contributed by atoms with Crippen LogP contribution in [0.15, 0.2) is 54.6 Å². The molecule has 0 saturated heterocycles. The van der Waals surface area contributed by atoms with Crippen LogP contribution in [0.4, 0.5) is 5.69 Å². The number of aromatic nitrogens is 3. The maximum atomic E-state index is 12.5. The van der Waals surface area contributed by atoms with Gasteiger partial charge in [-0.2, -0.15) is 0 Å². The molecule has 0 aliphatic carbocycles. The van der Waals surface area contributed by atoms with E-state index >= 15 is 0 Å². The lowest BCUT2D eigenvalue weighted by atomic mass is 10.2. The maximum absolute atomic E-state index is 12.5. The molecule has 1 aromatic heterocycles. The molecule has 0 aliphatic heterocycles. The van der Waals surface area contributed by atoms with Crippen LogP contribution in [0, 0.1) is 6.92 Å². The molecule has 25 heavy (non-hydrogen) atoms. The molecular formula is C18H19N5O2. The van der Waals surface area contributed by atoms with E-state index in [0.717, 1.165) is 11.4 Å². The minimum atomic E-state index is -0.321. The molecule has 0 radical (unpaired) electrons. The number of hydrogen-bond acceptors (Lipinski definition) is 5. The molecule has 0 aliphatic rings. The number of carbonyl (C=O) groups is 1. The van der Waals surface area contributed by atoms with E-state index in [-0.39, 0.29) is 11.6 Å². The topological polar surface area (TPSA) is 72.3 Å². The molecule has 0 fully saturated rings. The van der Waals surface area contributed by atoms with Gasteiger partial charge in [0.05, 0.1) is 24.2 Å². The van der Waals surface area contributed by atoms with Crippen LogP contribution in [-0.2, 0) is 0 Å². The lowest BCUT2D eigenvalue weighted by Crippen LogP contribution is -2.39. The standard InChI is InChI=1S/C18H19N5O2/c1-13-17(18(24)20-22(2)14-8-5-4-6-9-14)19-21-23(13)15-10-7-11-16(12-15)25-3/h4-12H,1-3H3,(H,20,24). The van der Waals surface area contributed by atoms with Gasteiger partial charge in [0.15, 0.2) is 5.69 Å². The second kappa shape index (κ2) is 7.04. The number of para-hydroxylation sites is 1. The highest BCUT2D eigenvalue weighted by atomic mass is 16.5. The van der Waals surface area contributed by atoms with Crippen LogP contribution >= 0.6 is 0 Å². The minimum absolute atomic E-state index is 0.269. The molecule has 0 atom stereocenters. The molecule has 3 rings (SSSR count). The number of nitrogens with one attached hydrogen (secondary N) is 1. The fourth-order valence-corrected chi connectivity index (χ4v) is 2.45. The number of nitrogens with zero attached hydrogens (tertiary/aromatic N) is 4. The first-order valence-electron chi connectivity index (χ1n) is 7.76. The Morgan fingerprint density at radius 2 is 1.92 bits per heavy atom. The van der Waals surface area contributed by atoms with Crippen molar-refractivity contribution in [3.63, 3.8) is 0 Å². The van der Waals surface area contributed by atoms with Gasteiger partial charge in [-0.15, -0.1) is 5.10 Å². The Morgan fingerprint density at radius 1 is 1.16 bits per heavy atom. The number of hydrogen-bond donors (Lipinski definition) is 1. The number of anilines is 1. The van der Waals surface area contributed by atoms with Crippen LogP contribution in [0.5, 0.6) is 5.75 Å². The van der Waals surface area contributed by atoms with Gasteiger partial charge in [0.1, 0.15) is 5.75 Å². The zero-order valence-electron chi connectivity index (χ0n) is 14.3. The van der Waals surface area contributed by atoms with Crippen LogP contribution in [-0.4, -0.2) is 35.1 Å². The van der Waals surface area contributed by atoms with E-state index in [1.807, 2.05) is 54.6 Å². The Bertz CT molecular complexity index is 876. The lowest BCUT2D eigenvalue weighted by molar-refractivity contribution is 0.0946. The van der Waals surface area contributed by atoms with Crippen molar-refractivity contribution in [3.8, 4) is 11.4 Å². The summed E-state index contributed by atoms with van der Waals surface area (Å²) in [6, 6.07) is 17.0. The summed E-state index contributed by atoms with van der Waals surface area (Å²) in [7, 11) is 3.38. The van der Waals surface area contributed by atoms with Crippen molar-refractivity contribution in [2.75, 3.05) is 19.2 Å². The SMILES string of the molecule is COc1cccc(-n2nnc(C(=O)NN(C)c3ccccc3)c2C)c1. The first-order chi connectivity index (χ1) is 12.1.